The number of sulfonamides is 1. The summed E-state index contributed by atoms with van der Waals surface area (Å²) in [6.45, 7) is 3.64. The van der Waals surface area contributed by atoms with Gasteiger partial charge in [-0.25, -0.2) is 13.1 Å². The molecule has 0 aromatic heterocycles. The highest BCUT2D eigenvalue weighted by Crippen LogP contribution is 2.12. The maximum Gasteiger partial charge on any atom is 0.240 e. The van der Waals surface area contributed by atoms with Crippen molar-refractivity contribution >= 4 is 15.8 Å². The summed E-state index contributed by atoms with van der Waals surface area (Å²) in [6.07, 6.45) is 0.637. The summed E-state index contributed by atoms with van der Waals surface area (Å²) >= 11 is 0. The first-order chi connectivity index (χ1) is 8.90. The fourth-order valence-corrected chi connectivity index (χ4v) is 2.90. The lowest BCUT2D eigenvalue weighted by atomic mass is 10.2. The second-order valence-electron chi connectivity index (χ2n) is 4.26. The third-order valence-corrected chi connectivity index (χ3v) is 4.29. The maximum absolute atomic E-state index is 12.1. The van der Waals surface area contributed by atoms with Gasteiger partial charge in [-0.1, -0.05) is 19.1 Å². The Morgan fingerprint density at radius 2 is 1.89 bits per heavy atom. The molecule has 6 heteroatoms. The smallest absolute Gasteiger partial charge is 0.240 e. The molecule has 0 saturated heterocycles. The molecule has 0 aliphatic heterocycles. The van der Waals surface area contributed by atoms with E-state index in [0.29, 0.717) is 18.6 Å². The minimum absolute atomic E-state index is 0.0947. The molecule has 106 valence electrons. The van der Waals surface area contributed by atoms with Gasteiger partial charge in [0.1, 0.15) is 0 Å². The van der Waals surface area contributed by atoms with E-state index >= 15 is 0 Å². The van der Waals surface area contributed by atoms with Crippen LogP contribution in [0.5, 0.6) is 0 Å². The SMILES string of the molecule is CCC(COC)NS(=O)(=O)c1ccc(C(C)=O)cc1. The van der Waals surface area contributed by atoms with E-state index in [2.05, 4.69) is 4.72 Å². The molecular weight excluding hydrogens is 266 g/mol. The molecule has 0 bridgehead atoms. The van der Waals surface area contributed by atoms with Crippen LogP contribution in [0.3, 0.4) is 0 Å². The summed E-state index contributed by atoms with van der Waals surface area (Å²) in [6, 6.07) is 5.61. The Labute approximate surface area is 114 Å². The van der Waals surface area contributed by atoms with Gasteiger partial charge in [0.15, 0.2) is 5.78 Å². The lowest BCUT2D eigenvalue weighted by Gasteiger charge is -2.16. The summed E-state index contributed by atoms with van der Waals surface area (Å²) in [5.74, 6) is -0.0947. The summed E-state index contributed by atoms with van der Waals surface area (Å²) in [4.78, 5) is 11.3. The highest BCUT2D eigenvalue weighted by atomic mass is 32.2. The van der Waals surface area contributed by atoms with Gasteiger partial charge in [-0.05, 0) is 25.5 Å². The second-order valence-corrected chi connectivity index (χ2v) is 5.98. The minimum Gasteiger partial charge on any atom is -0.383 e. The number of nitrogens with one attached hydrogen (secondary N) is 1. The molecule has 5 nitrogen and oxygen atoms in total. The van der Waals surface area contributed by atoms with Crippen LogP contribution >= 0.6 is 0 Å². The Morgan fingerprint density at radius 3 is 2.32 bits per heavy atom. The van der Waals surface area contributed by atoms with Crippen molar-refractivity contribution in [3.63, 3.8) is 0 Å². The molecule has 1 N–H and O–H groups in total. The molecule has 1 aromatic rings. The van der Waals surface area contributed by atoms with E-state index in [1.165, 1.54) is 38.3 Å². The molecule has 1 atom stereocenters. The molecule has 0 aliphatic carbocycles. The number of carbonyl (C=O) groups is 1. The van der Waals surface area contributed by atoms with Crippen LogP contribution in [0.15, 0.2) is 29.2 Å². The normalized spacial score (nSPS) is 13.2. The van der Waals surface area contributed by atoms with Crippen LogP contribution in [-0.2, 0) is 14.8 Å². The molecule has 0 heterocycles. The second kappa shape index (κ2) is 6.79. The van der Waals surface area contributed by atoms with Gasteiger partial charge in [0.05, 0.1) is 11.5 Å². The van der Waals surface area contributed by atoms with Crippen LogP contribution in [0, 0.1) is 0 Å². The number of benzene rings is 1. The Kier molecular flexibility index (Phi) is 5.65. The summed E-state index contributed by atoms with van der Waals surface area (Å²) < 4.78 is 31.7. The fourth-order valence-electron chi connectivity index (χ4n) is 1.59. The maximum atomic E-state index is 12.1. The minimum atomic E-state index is -3.58. The number of ether oxygens (including phenoxy) is 1. The summed E-state index contributed by atoms with van der Waals surface area (Å²) in [7, 11) is -2.05. The van der Waals surface area contributed by atoms with Crippen LogP contribution in [0.1, 0.15) is 30.6 Å². The highest BCUT2D eigenvalue weighted by molar-refractivity contribution is 7.89. The Bertz CT molecular complexity index is 522. The molecule has 0 radical (unpaired) electrons. The highest BCUT2D eigenvalue weighted by Gasteiger charge is 2.19. The zero-order valence-electron chi connectivity index (χ0n) is 11.3. The molecule has 1 aromatic carbocycles. The Morgan fingerprint density at radius 1 is 1.32 bits per heavy atom. The zero-order valence-corrected chi connectivity index (χ0v) is 12.2. The van der Waals surface area contributed by atoms with Crippen LogP contribution in [-0.4, -0.2) is 34.0 Å². The van der Waals surface area contributed by atoms with Gasteiger partial charge in [0, 0.05) is 18.7 Å². The predicted octanol–water partition coefficient (Wildman–Crippen LogP) is 1.59. The van der Waals surface area contributed by atoms with E-state index in [1.807, 2.05) is 6.92 Å². The van der Waals surface area contributed by atoms with Crippen molar-refractivity contribution in [2.24, 2.45) is 0 Å². The Balaban J connectivity index is 2.90. The largest absolute Gasteiger partial charge is 0.383 e. The van der Waals surface area contributed by atoms with Gasteiger partial charge < -0.3 is 4.74 Å². The van der Waals surface area contributed by atoms with E-state index in [4.69, 9.17) is 4.74 Å². The predicted molar refractivity (Wildman–Crippen MR) is 72.7 cm³/mol. The number of carbonyl (C=O) groups excluding carboxylic acids is 1. The topological polar surface area (TPSA) is 72.5 Å². The number of methoxy groups -OCH3 is 1. The monoisotopic (exact) mass is 285 g/mol. The van der Waals surface area contributed by atoms with Crippen molar-refractivity contribution in [3.05, 3.63) is 29.8 Å². The average molecular weight is 285 g/mol. The lowest BCUT2D eigenvalue weighted by Crippen LogP contribution is -2.37. The van der Waals surface area contributed by atoms with Crippen molar-refractivity contribution < 1.29 is 17.9 Å². The molecule has 0 aliphatic rings. The molecule has 0 spiro atoms. The van der Waals surface area contributed by atoms with Gasteiger partial charge in [-0.3, -0.25) is 4.79 Å². The van der Waals surface area contributed by atoms with Crippen LogP contribution in [0.4, 0.5) is 0 Å². The van der Waals surface area contributed by atoms with Crippen molar-refractivity contribution in [1.29, 1.82) is 0 Å². The summed E-state index contributed by atoms with van der Waals surface area (Å²) in [5.41, 5.74) is 0.489. The number of hydrogen-bond acceptors (Lipinski definition) is 4. The standard InChI is InChI=1S/C13H19NO4S/c1-4-12(9-18-3)14-19(16,17)13-7-5-11(6-8-13)10(2)15/h5-8,12,14H,4,9H2,1-3H3. The summed E-state index contributed by atoms with van der Waals surface area (Å²) in [5, 5.41) is 0. The van der Waals surface area contributed by atoms with Gasteiger partial charge in [0.2, 0.25) is 10.0 Å². The first kappa shape index (κ1) is 15.8. The van der Waals surface area contributed by atoms with Crippen molar-refractivity contribution in [1.82, 2.24) is 4.72 Å². The van der Waals surface area contributed by atoms with E-state index in [-0.39, 0.29) is 16.7 Å². The van der Waals surface area contributed by atoms with Crippen LogP contribution in [0.2, 0.25) is 0 Å². The average Bonchev–Trinajstić information content (AvgIpc) is 2.38. The number of rotatable bonds is 7. The van der Waals surface area contributed by atoms with Gasteiger partial charge >= 0.3 is 0 Å². The first-order valence-electron chi connectivity index (χ1n) is 6.03. The number of Topliss-reactive ketones (excluding diaryl/α,β-unsaturated/α-hetero) is 1. The fraction of sp³-hybridized carbons (Fsp3) is 0.462. The van der Waals surface area contributed by atoms with Crippen molar-refractivity contribution in [2.45, 2.75) is 31.2 Å². The van der Waals surface area contributed by atoms with E-state index in [1.54, 1.807) is 0 Å². The van der Waals surface area contributed by atoms with Gasteiger partial charge in [-0.15, -0.1) is 0 Å². The zero-order chi connectivity index (χ0) is 14.5. The quantitative estimate of drug-likeness (QED) is 0.772. The van der Waals surface area contributed by atoms with Crippen LogP contribution < -0.4 is 4.72 Å². The van der Waals surface area contributed by atoms with E-state index in [9.17, 15) is 13.2 Å². The van der Waals surface area contributed by atoms with Crippen molar-refractivity contribution in [3.8, 4) is 0 Å². The third-order valence-electron chi connectivity index (χ3n) is 2.75. The molecule has 19 heavy (non-hydrogen) atoms. The number of hydrogen-bond donors (Lipinski definition) is 1. The Hall–Kier alpha value is -1.24. The molecular formula is C13H19NO4S. The molecule has 0 fully saturated rings. The molecule has 0 saturated carbocycles. The van der Waals surface area contributed by atoms with Gasteiger partial charge in [0.25, 0.3) is 0 Å². The first-order valence-corrected chi connectivity index (χ1v) is 7.51. The molecule has 1 unspecified atom stereocenters. The van der Waals surface area contributed by atoms with Crippen LogP contribution in [0.25, 0.3) is 0 Å². The lowest BCUT2D eigenvalue weighted by molar-refractivity contribution is 0.101. The molecule has 0 amide bonds. The molecule has 1 rings (SSSR count). The number of ketones is 1. The van der Waals surface area contributed by atoms with E-state index in [0.717, 1.165) is 0 Å². The van der Waals surface area contributed by atoms with E-state index < -0.39 is 10.0 Å². The third kappa shape index (κ3) is 4.41. The van der Waals surface area contributed by atoms with Crippen molar-refractivity contribution in [2.75, 3.05) is 13.7 Å². The van der Waals surface area contributed by atoms with Gasteiger partial charge in [-0.2, -0.15) is 0 Å².